The van der Waals surface area contributed by atoms with Crippen molar-refractivity contribution in [3.63, 3.8) is 0 Å². The van der Waals surface area contributed by atoms with Crippen molar-refractivity contribution in [3.8, 4) is 16.9 Å². The van der Waals surface area contributed by atoms with E-state index in [1.54, 1.807) is 12.4 Å². The van der Waals surface area contributed by atoms with Gasteiger partial charge >= 0.3 is 0 Å². The first-order chi connectivity index (χ1) is 10.8. The minimum atomic E-state index is -0.550. The van der Waals surface area contributed by atoms with Crippen LogP contribution < -0.4 is 15.4 Å². The number of aromatic nitrogens is 1. The van der Waals surface area contributed by atoms with Crippen molar-refractivity contribution in [2.75, 3.05) is 13.1 Å². The molecule has 0 saturated carbocycles. The second-order valence-electron chi connectivity index (χ2n) is 5.75. The third-order valence-corrected chi connectivity index (χ3v) is 4.28. The number of hydrogen-bond acceptors (Lipinski definition) is 4. The van der Waals surface area contributed by atoms with E-state index in [4.69, 9.17) is 4.74 Å². The number of amides is 1. The molecule has 1 aromatic carbocycles. The third kappa shape index (κ3) is 2.23. The molecule has 112 valence electrons. The number of nitrogens with one attached hydrogen (secondary N) is 2. The number of fused-ring (bicyclic) bond motifs is 1. The molecule has 4 rings (SSSR count). The molecule has 22 heavy (non-hydrogen) atoms. The van der Waals surface area contributed by atoms with E-state index in [9.17, 15) is 4.79 Å². The number of pyridine rings is 1. The van der Waals surface area contributed by atoms with Gasteiger partial charge in [0, 0.05) is 43.9 Å². The van der Waals surface area contributed by atoms with Gasteiger partial charge in [0.2, 0.25) is 0 Å². The maximum absolute atomic E-state index is 12.5. The van der Waals surface area contributed by atoms with Crippen LogP contribution in [-0.4, -0.2) is 29.7 Å². The Balaban J connectivity index is 1.70. The van der Waals surface area contributed by atoms with Crippen LogP contribution in [0.5, 0.6) is 5.75 Å². The molecule has 0 unspecified atom stereocenters. The molecular formula is C17H17N3O2. The molecule has 3 heterocycles. The first-order valence-corrected chi connectivity index (χ1v) is 7.53. The summed E-state index contributed by atoms with van der Waals surface area (Å²) in [4.78, 5) is 16.6. The number of benzene rings is 1. The molecule has 1 aromatic heterocycles. The van der Waals surface area contributed by atoms with Crippen molar-refractivity contribution in [1.82, 2.24) is 15.6 Å². The van der Waals surface area contributed by atoms with E-state index in [1.807, 2.05) is 30.3 Å². The smallest absolute Gasteiger partial charge is 0.258 e. The van der Waals surface area contributed by atoms with E-state index in [0.717, 1.165) is 37.1 Å². The predicted octanol–water partition coefficient (Wildman–Crippen LogP) is 1.95. The van der Waals surface area contributed by atoms with Gasteiger partial charge in [0.15, 0.2) is 5.72 Å². The summed E-state index contributed by atoms with van der Waals surface area (Å²) in [6, 6.07) is 9.60. The monoisotopic (exact) mass is 295 g/mol. The summed E-state index contributed by atoms with van der Waals surface area (Å²) in [5.41, 5.74) is 1.99. The fourth-order valence-corrected chi connectivity index (χ4v) is 3.08. The number of piperidine rings is 1. The van der Waals surface area contributed by atoms with Gasteiger partial charge in [0.25, 0.3) is 5.91 Å². The third-order valence-electron chi connectivity index (χ3n) is 4.28. The lowest BCUT2D eigenvalue weighted by Gasteiger charge is -2.41. The second kappa shape index (κ2) is 5.10. The number of carbonyl (C=O) groups excluding carboxylic acids is 1. The average molecular weight is 295 g/mol. The zero-order chi connectivity index (χ0) is 15.0. The van der Waals surface area contributed by atoms with Gasteiger partial charge in [-0.05, 0) is 23.8 Å². The number of nitrogens with zero attached hydrogens (tertiary/aromatic N) is 1. The van der Waals surface area contributed by atoms with Crippen LogP contribution in [0.2, 0.25) is 0 Å². The first kappa shape index (κ1) is 13.3. The lowest BCUT2D eigenvalue weighted by Crippen LogP contribution is -2.60. The van der Waals surface area contributed by atoms with Crippen molar-refractivity contribution in [3.05, 3.63) is 48.3 Å². The van der Waals surface area contributed by atoms with Crippen LogP contribution in [0.3, 0.4) is 0 Å². The summed E-state index contributed by atoms with van der Waals surface area (Å²) in [7, 11) is 0. The Bertz CT molecular complexity index is 709. The van der Waals surface area contributed by atoms with Gasteiger partial charge in [0.05, 0.1) is 5.56 Å². The summed E-state index contributed by atoms with van der Waals surface area (Å²) >= 11 is 0. The highest BCUT2D eigenvalue weighted by Gasteiger charge is 2.40. The van der Waals surface area contributed by atoms with Crippen LogP contribution in [0.25, 0.3) is 11.1 Å². The first-order valence-electron chi connectivity index (χ1n) is 7.53. The van der Waals surface area contributed by atoms with Gasteiger partial charge in [-0.25, -0.2) is 0 Å². The zero-order valence-corrected chi connectivity index (χ0v) is 12.1. The van der Waals surface area contributed by atoms with E-state index in [2.05, 4.69) is 15.6 Å². The van der Waals surface area contributed by atoms with Gasteiger partial charge in [-0.3, -0.25) is 9.78 Å². The Morgan fingerprint density at radius 3 is 2.77 bits per heavy atom. The summed E-state index contributed by atoms with van der Waals surface area (Å²) in [5.74, 6) is 0.604. The van der Waals surface area contributed by atoms with Gasteiger partial charge in [-0.1, -0.05) is 12.1 Å². The van der Waals surface area contributed by atoms with Crippen LogP contribution in [0.1, 0.15) is 23.2 Å². The van der Waals surface area contributed by atoms with E-state index < -0.39 is 5.72 Å². The van der Waals surface area contributed by atoms with Crippen LogP contribution in [0, 0.1) is 0 Å². The normalized spacial score (nSPS) is 19.2. The number of rotatable bonds is 1. The molecule has 5 heteroatoms. The van der Waals surface area contributed by atoms with Crippen molar-refractivity contribution in [2.24, 2.45) is 0 Å². The van der Waals surface area contributed by atoms with Crippen LogP contribution in [0.4, 0.5) is 0 Å². The molecule has 0 radical (unpaired) electrons. The van der Waals surface area contributed by atoms with Crippen molar-refractivity contribution >= 4 is 5.91 Å². The van der Waals surface area contributed by atoms with E-state index in [-0.39, 0.29) is 5.91 Å². The molecule has 5 nitrogen and oxygen atoms in total. The molecule has 1 saturated heterocycles. The quantitative estimate of drug-likeness (QED) is 0.844. The van der Waals surface area contributed by atoms with Gasteiger partial charge in [0.1, 0.15) is 5.75 Å². The molecule has 1 amide bonds. The molecule has 0 bridgehead atoms. The SMILES string of the molecule is O=C1NC2(CCNCC2)Oc2ccc(-c3cccnc3)cc21. The maximum Gasteiger partial charge on any atom is 0.258 e. The van der Waals surface area contributed by atoms with Gasteiger partial charge < -0.3 is 15.4 Å². The van der Waals surface area contributed by atoms with Crippen LogP contribution >= 0.6 is 0 Å². The van der Waals surface area contributed by atoms with Crippen LogP contribution in [-0.2, 0) is 0 Å². The fraction of sp³-hybridized carbons (Fsp3) is 0.294. The molecule has 1 spiro atoms. The zero-order valence-electron chi connectivity index (χ0n) is 12.1. The van der Waals surface area contributed by atoms with Gasteiger partial charge in [-0.15, -0.1) is 0 Å². The Labute approximate surface area is 128 Å². The van der Waals surface area contributed by atoms with Crippen molar-refractivity contribution in [2.45, 2.75) is 18.6 Å². The van der Waals surface area contributed by atoms with Crippen molar-refractivity contribution in [1.29, 1.82) is 0 Å². The highest BCUT2D eigenvalue weighted by Crippen LogP contribution is 2.34. The highest BCUT2D eigenvalue weighted by molar-refractivity contribution is 5.99. The van der Waals surface area contributed by atoms with Crippen LogP contribution in [0.15, 0.2) is 42.7 Å². The summed E-state index contributed by atoms with van der Waals surface area (Å²) in [5, 5.41) is 6.34. The standard InChI is InChI=1S/C17H17N3O2/c21-16-14-10-12(13-2-1-7-19-11-13)3-4-15(14)22-17(20-16)5-8-18-9-6-17/h1-4,7,10-11,18H,5-6,8-9H2,(H,20,21). The molecule has 2 aliphatic heterocycles. The number of ether oxygens (including phenoxy) is 1. The Morgan fingerprint density at radius 2 is 2.00 bits per heavy atom. The lowest BCUT2D eigenvalue weighted by molar-refractivity contribution is -0.00350. The number of hydrogen-bond donors (Lipinski definition) is 2. The lowest BCUT2D eigenvalue weighted by atomic mass is 9.96. The minimum Gasteiger partial charge on any atom is -0.467 e. The molecule has 0 aliphatic carbocycles. The van der Waals surface area contributed by atoms with E-state index in [0.29, 0.717) is 11.3 Å². The molecule has 2 N–H and O–H groups in total. The summed E-state index contributed by atoms with van der Waals surface area (Å²) < 4.78 is 6.13. The Morgan fingerprint density at radius 1 is 1.14 bits per heavy atom. The van der Waals surface area contributed by atoms with E-state index in [1.165, 1.54) is 0 Å². The fourth-order valence-electron chi connectivity index (χ4n) is 3.08. The predicted molar refractivity (Wildman–Crippen MR) is 82.6 cm³/mol. The van der Waals surface area contributed by atoms with E-state index >= 15 is 0 Å². The van der Waals surface area contributed by atoms with Crippen molar-refractivity contribution < 1.29 is 9.53 Å². The summed E-state index contributed by atoms with van der Waals surface area (Å²) in [6.07, 6.45) is 5.08. The molecule has 0 atom stereocenters. The average Bonchev–Trinajstić information content (AvgIpc) is 2.56. The number of carbonyl (C=O) groups is 1. The maximum atomic E-state index is 12.5. The second-order valence-corrected chi connectivity index (χ2v) is 5.75. The molecule has 2 aromatic rings. The Kier molecular flexibility index (Phi) is 3.08. The minimum absolute atomic E-state index is 0.0612. The molecular weight excluding hydrogens is 278 g/mol. The largest absolute Gasteiger partial charge is 0.467 e. The van der Waals surface area contributed by atoms with Gasteiger partial charge in [-0.2, -0.15) is 0 Å². The highest BCUT2D eigenvalue weighted by atomic mass is 16.5. The summed E-state index contributed by atoms with van der Waals surface area (Å²) in [6.45, 7) is 1.70. The topological polar surface area (TPSA) is 63.2 Å². The molecule has 1 fully saturated rings. The molecule has 2 aliphatic rings. The Hall–Kier alpha value is -2.40.